The molecule has 1 aliphatic rings. The van der Waals surface area contributed by atoms with Gasteiger partial charge in [-0.1, -0.05) is 23.5 Å². The molecule has 0 spiro atoms. The molecule has 0 aliphatic carbocycles. The van der Waals surface area contributed by atoms with E-state index in [9.17, 15) is 14.9 Å². The van der Waals surface area contributed by atoms with Crippen molar-refractivity contribution in [3.8, 4) is 0 Å². The van der Waals surface area contributed by atoms with Gasteiger partial charge in [0.15, 0.2) is 10.9 Å². The third kappa shape index (κ3) is 4.96. The summed E-state index contributed by atoms with van der Waals surface area (Å²) in [5.41, 5.74) is 0.809. The van der Waals surface area contributed by atoms with Crippen LogP contribution in [0.1, 0.15) is 17.0 Å². The standard InChI is InChI=1S/C19H20N4O5S.ClH/c24-18(15-6-7-17(28-15)23(25)26)22(9-3-8-21-10-12-27-13-11-21)19-20-14-4-1-2-5-16(14)29-19;/h1-2,4-7H,3,8-13H2;1H. The highest BCUT2D eigenvalue weighted by Crippen LogP contribution is 2.30. The van der Waals surface area contributed by atoms with E-state index in [2.05, 4.69) is 9.88 Å². The maximum Gasteiger partial charge on any atom is 0.433 e. The fourth-order valence-electron chi connectivity index (χ4n) is 3.21. The lowest BCUT2D eigenvalue weighted by Gasteiger charge is -2.27. The van der Waals surface area contributed by atoms with Crippen molar-refractivity contribution in [3.05, 3.63) is 52.3 Å². The molecular formula is C19H21ClN4O5S. The van der Waals surface area contributed by atoms with Crippen molar-refractivity contribution in [1.29, 1.82) is 0 Å². The van der Waals surface area contributed by atoms with Gasteiger partial charge in [0.1, 0.15) is 4.92 Å². The zero-order valence-electron chi connectivity index (χ0n) is 16.1. The first-order valence-corrected chi connectivity index (χ1v) is 10.2. The summed E-state index contributed by atoms with van der Waals surface area (Å²) in [7, 11) is 0. The number of anilines is 1. The van der Waals surface area contributed by atoms with Crippen LogP contribution >= 0.6 is 23.7 Å². The zero-order chi connectivity index (χ0) is 20.2. The minimum atomic E-state index is -0.656. The minimum Gasteiger partial charge on any atom is -0.395 e. The van der Waals surface area contributed by atoms with Gasteiger partial charge in [0.25, 0.3) is 5.91 Å². The van der Waals surface area contributed by atoms with E-state index in [1.165, 1.54) is 23.5 Å². The smallest absolute Gasteiger partial charge is 0.395 e. The lowest BCUT2D eigenvalue weighted by atomic mass is 10.3. The van der Waals surface area contributed by atoms with Crippen molar-refractivity contribution in [2.24, 2.45) is 0 Å². The number of nitrogens with zero attached hydrogens (tertiary/aromatic N) is 4. The third-order valence-corrected chi connectivity index (χ3v) is 5.76. The fourth-order valence-corrected chi connectivity index (χ4v) is 4.20. The molecule has 11 heteroatoms. The highest BCUT2D eigenvalue weighted by atomic mass is 35.5. The summed E-state index contributed by atoms with van der Waals surface area (Å²) < 4.78 is 11.5. The second-order valence-corrected chi connectivity index (χ2v) is 7.63. The first-order chi connectivity index (χ1) is 14.1. The molecule has 1 aliphatic heterocycles. The lowest BCUT2D eigenvalue weighted by molar-refractivity contribution is -0.402. The Morgan fingerprint density at radius 3 is 2.70 bits per heavy atom. The summed E-state index contributed by atoms with van der Waals surface area (Å²) in [6.45, 7) is 4.45. The van der Waals surface area contributed by atoms with Crippen LogP contribution in [0.5, 0.6) is 0 Å². The number of morpholine rings is 1. The number of aromatic nitrogens is 1. The summed E-state index contributed by atoms with van der Waals surface area (Å²) in [6, 6.07) is 10.2. The van der Waals surface area contributed by atoms with E-state index in [-0.39, 0.29) is 18.2 Å². The molecular weight excluding hydrogens is 432 g/mol. The molecule has 1 fully saturated rings. The van der Waals surface area contributed by atoms with Crippen molar-refractivity contribution >= 4 is 50.9 Å². The summed E-state index contributed by atoms with van der Waals surface area (Å²) in [5, 5.41) is 11.5. The molecule has 0 saturated carbocycles. The van der Waals surface area contributed by atoms with Crippen molar-refractivity contribution < 1.29 is 18.9 Å². The molecule has 0 N–H and O–H groups in total. The molecule has 1 amide bonds. The summed E-state index contributed by atoms with van der Waals surface area (Å²) >= 11 is 1.41. The van der Waals surface area contributed by atoms with Crippen LogP contribution in [0.2, 0.25) is 0 Å². The van der Waals surface area contributed by atoms with E-state index < -0.39 is 16.7 Å². The Bertz CT molecular complexity index is 984. The summed E-state index contributed by atoms with van der Waals surface area (Å²) in [4.78, 5) is 31.8. The lowest BCUT2D eigenvalue weighted by Crippen LogP contribution is -2.39. The molecule has 1 saturated heterocycles. The quantitative estimate of drug-likeness (QED) is 0.398. The van der Waals surface area contributed by atoms with Crippen LogP contribution in [0.25, 0.3) is 10.2 Å². The molecule has 0 atom stereocenters. The van der Waals surface area contributed by atoms with Gasteiger partial charge >= 0.3 is 5.88 Å². The van der Waals surface area contributed by atoms with Gasteiger partial charge in [0, 0.05) is 26.2 Å². The molecule has 160 valence electrons. The van der Waals surface area contributed by atoms with Crippen molar-refractivity contribution in [2.45, 2.75) is 6.42 Å². The highest BCUT2D eigenvalue weighted by Gasteiger charge is 2.26. The number of halogens is 1. The Labute approximate surface area is 182 Å². The molecule has 0 unspecified atom stereocenters. The first kappa shape index (κ1) is 22.2. The van der Waals surface area contributed by atoms with Crippen LogP contribution in [0.4, 0.5) is 11.0 Å². The zero-order valence-corrected chi connectivity index (χ0v) is 17.7. The molecule has 1 aromatic carbocycles. The van der Waals surface area contributed by atoms with Gasteiger partial charge in [-0.15, -0.1) is 12.4 Å². The van der Waals surface area contributed by atoms with Gasteiger partial charge in [-0.25, -0.2) is 4.98 Å². The topological polar surface area (TPSA) is 102 Å². The van der Waals surface area contributed by atoms with E-state index in [0.717, 1.165) is 49.5 Å². The van der Waals surface area contributed by atoms with Crippen molar-refractivity contribution in [2.75, 3.05) is 44.3 Å². The van der Waals surface area contributed by atoms with Gasteiger partial charge in [0.05, 0.1) is 29.5 Å². The van der Waals surface area contributed by atoms with E-state index in [1.807, 2.05) is 24.3 Å². The second-order valence-electron chi connectivity index (χ2n) is 6.62. The van der Waals surface area contributed by atoms with E-state index >= 15 is 0 Å². The molecule has 3 heterocycles. The molecule has 3 aromatic rings. The predicted molar refractivity (Wildman–Crippen MR) is 116 cm³/mol. The summed E-state index contributed by atoms with van der Waals surface area (Å²) in [6.07, 6.45) is 0.741. The van der Waals surface area contributed by atoms with Gasteiger partial charge in [0.2, 0.25) is 0 Å². The molecule has 0 bridgehead atoms. The average Bonchev–Trinajstić information content (AvgIpc) is 3.39. The number of carbonyl (C=O) groups excluding carboxylic acids is 1. The number of carbonyl (C=O) groups is 1. The number of ether oxygens (including phenoxy) is 1. The number of furan rings is 1. The number of para-hydroxylation sites is 1. The maximum absolute atomic E-state index is 13.1. The van der Waals surface area contributed by atoms with Gasteiger partial charge < -0.3 is 9.15 Å². The Hall–Kier alpha value is -2.53. The van der Waals surface area contributed by atoms with Crippen LogP contribution in [0, 0.1) is 10.1 Å². The average molecular weight is 453 g/mol. The van der Waals surface area contributed by atoms with Crippen LogP contribution in [-0.4, -0.2) is 60.1 Å². The van der Waals surface area contributed by atoms with Gasteiger partial charge in [-0.05, 0) is 24.6 Å². The number of hydrogen-bond donors (Lipinski definition) is 0. The Balaban J connectivity index is 0.00000256. The number of rotatable bonds is 7. The highest BCUT2D eigenvalue weighted by molar-refractivity contribution is 7.22. The van der Waals surface area contributed by atoms with Crippen LogP contribution in [0.15, 0.2) is 40.8 Å². The second kappa shape index (κ2) is 9.98. The van der Waals surface area contributed by atoms with Crippen molar-refractivity contribution in [3.63, 3.8) is 0 Å². The van der Waals surface area contributed by atoms with E-state index in [1.54, 1.807) is 4.90 Å². The SMILES string of the molecule is Cl.O=C(c1ccc([N+](=O)[O-])o1)N(CCCN1CCOCC1)c1nc2ccccc2s1. The molecule has 9 nitrogen and oxygen atoms in total. The molecule has 30 heavy (non-hydrogen) atoms. The van der Waals surface area contributed by atoms with Gasteiger partial charge in [-0.3, -0.25) is 24.7 Å². The van der Waals surface area contributed by atoms with Gasteiger partial charge in [-0.2, -0.15) is 0 Å². The van der Waals surface area contributed by atoms with E-state index in [0.29, 0.717) is 11.7 Å². The molecule has 4 rings (SSSR count). The Morgan fingerprint density at radius 2 is 2.00 bits per heavy atom. The Kier molecular flexibility index (Phi) is 7.38. The Morgan fingerprint density at radius 1 is 1.23 bits per heavy atom. The first-order valence-electron chi connectivity index (χ1n) is 9.33. The van der Waals surface area contributed by atoms with Crippen molar-refractivity contribution in [1.82, 2.24) is 9.88 Å². The number of hydrogen-bond acceptors (Lipinski definition) is 8. The largest absolute Gasteiger partial charge is 0.433 e. The predicted octanol–water partition coefficient (Wildman–Crippen LogP) is 3.59. The van der Waals surface area contributed by atoms with Crippen LogP contribution < -0.4 is 4.90 Å². The number of amides is 1. The number of fused-ring (bicyclic) bond motifs is 1. The third-order valence-electron chi connectivity index (χ3n) is 4.70. The van der Waals surface area contributed by atoms with Crippen LogP contribution in [0.3, 0.4) is 0 Å². The summed E-state index contributed by atoms with van der Waals surface area (Å²) in [5.74, 6) is -0.952. The van der Waals surface area contributed by atoms with E-state index in [4.69, 9.17) is 9.15 Å². The number of benzene rings is 1. The maximum atomic E-state index is 13.1. The number of thiazole rings is 1. The minimum absolute atomic E-state index is 0. The molecule has 0 radical (unpaired) electrons. The van der Waals surface area contributed by atoms with Crippen LogP contribution in [-0.2, 0) is 4.74 Å². The normalized spacial score (nSPS) is 14.4. The number of nitro groups is 1. The fraction of sp³-hybridized carbons (Fsp3) is 0.368. The monoisotopic (exact) mass is 452 g/mol. The molecule has 2 aromatic heterocycles.